The van der Waals surface area contributed by atoms with Gasteiger partial charge in [0.25, 0.3) is 5.56 Å². The average Bonchev–Trinajstić information content (AvgIpc) is 3.50. The van der Waals surface area contributed by atoms with Gasteiger partial charge in [0.1, 0.15) is 39.4 Å². The van der Waals surface area contributed by atoms with Crippen LogP contribution < -0.4 is 19.7 Å². The number of carbonyl (C=O) groups excluding carboxylic acids is 1. The van der Waals surface area contributed by atoms with Crippen molar-refractivity contribution in [3.05, 3.63) is 74.3 Å². The van der Waals surface area contributed by atoms with Gasteiger partial charge in [-0.2, -0.15) is 21.3 Å². The topological polar surface area (TPSA) is 153 Å². The summed E-state index contributed by atoms with van der Waals surface area (Å²) in [6.07, 6.45) is -3.50. The van der Waals surface area contributed by atoms with Crippen LogP contribution in [-0.2, 0) is 24.6 Å². The Bertz CT molecular complexity index is 1800. The third-order valence-electron chi connectivity index (χ3n) is 5.76. The molecule has 0 atom stereocenters. The Morgan fingerprint density at radius 3 is 2.62 bits per heavy atom. The largest absolute Gasteiger partial charge is 0.433 e. The second-order valence-corrected chi connectivity index (χ2v) is 10.7. The number of nitrogens with one attached hydrogen (secondary N) is 1. The van der Waals surface area contributed by atoms with Gasteiger partial charge in [-0.15, -0.1) is 0 Å². The summed E-state index contributed by atoms with van der Waals surface area (Å²) in [4.78, 5) is 50.9. The van der Waals surface area contributed by atoms with Crippen LogP contribution in [0.1, 0.15) is 23.0 Å². The summed E-state index contributed by atoms with van der Waals surface area (Å²) in [6, 6.07) is 6.01. The van der Waals surface area contributed by atoms with Crippen molar-refractivity contribution in [3.63, 3.8) is 0 Å². The number of hydrogen-bond donors (Lipinski definition) is 1. The van der Waals surface area contributed by atoms with E-state index < -0.39 is 50.3 Å². The van der Waals surface area contributed by atoms with Crippen molar-refractivity contribution in [1.29, 1.82) is 0 Å². The molecule has 0 saturated heterocycles. The second kappa shape index (κ2) is 10.4. The molecule has 5 rings (SSSR count). The van der Waals surface area contributed by atoms with Gasteiger partial charge < -0.3 is 9.84 Å². The molecule has 0 aromatic carbocycles. The van der Waals surface area contributed by atoms with Crippen molar-refractivity contribution in [2.75, 3.05) is 15.0 Å². The first-order valence-corrected chi connectivity index (χ1v) is 13.4. The van der Waals surface area contributed by atoms with E-state index in [-0.39, 0.29) is 47.7 Å². The van der Waals surface area contributed by atoms with Crippen molar-refractivity contribution in [1.82, 2.24) is 29.2 Å². The Morgan fingerprint density at radius 1 is 1.18 bits per heavy atom. The molecule has 13 nitrogen and oxygen atoms in total. The maximum Gasteiger partial charge on any atom is 0.433 e. The van der Waals surface area contributed by atoms with Crippen molar-refractivity contribution >= 4 is 44.5 Å². The van der Waals surface area contributed by atoms with Gasteiger partial charge in [0.15, 0.2) is 17.3 Å². The van der Waals surface area contributed by atoms with Crippen molar-refractivity contribution in [2.24, 2.45) is 10.2 Å². The van der Waals surface area contributed by atoms with Crippen molar-refractivity contribution in [2.45, 2.75) is 26.6 Å². The van der Waals surface area contributed by atoms with Crippen LogP contribution in [0.25, 0.3) is 11.3 Å². The molecule has 4 aromatic heterocycles. The number of anilines is 2. The number of amides is 1. The molecule has 1 N–H and O–H groups in total. The summed E-state index contributed by atoms with van der Waals surface area (Å²) >= 11 is -1.18. The standard InChI is InChI=1S/C23H19F3IN9O4/c1-11-7-13(8-28-19(11)23(24,25)26)14-5-4-6-15(30-14)31-17(37)10-36-18-20(32-27-36)34(3)22(39)35(21(18)38)9-16-29-12(2)40-33-16/h4-8H,9-10H2,1-3H3,(H,30,31,37). The molecule has 0 saturated carbocycles. The zero-order valence-electron chi connectivity index (χ0n) is 21.0. The first-order chi connectivity index (χ1) is 18.9. The van der Waals surface area contributed by atoms with Crippen LogP contribution in [0.2, 0.25) is 0 Å². The van der Waals surface area contributed by atoms with Gasteiger partial charge in [-0.3, -0.25) is 26.8 Å². The van der Waals surface area contributed by atoms with Crippen LogP contribution in [0.5, 0.6) is 0 Å². The Morgan fingerprint density at radius 2 is 1.95 bits per heavy atom. The minimum Gasteiger partial charge on any atom is -0.340 e. The molecular formula is C23H19F3IN9O4. The number of nitrogens with zero attached hydrogens (tertiary/aromatic N) is 8. The maximum atomic E-state index is 13.3. The molecule has 0 radical (unpaired) electrons. The molecule has 1 aliphatic rings. The number of aromatic nitrogens is 6. The molecule has 1 amide bonds. The highest BCUT2D eigenvalue weighted by Gasteiger charge is 2.34. The van der Waals surface area contributed by atoms with Gasteiger partial charge >= 0.3 is 11.9 Å². The van der Waals surface area contributed by atoms with E-state index in [0.717, 1.165) is 10.8 Å². The van der Waals surface area contributed by atoms with Gasteiger partial charge in [0.05, 0.1) is 12.2 Å². The van der Waals surface area contributed by atoms with Crippen LogP contribution in [0, 0.1) is 13.8 Å². The minimum absolute atomic E-state index is 0.0591. The van der Waals surface area contributed by atoms with Crippen LogP contribution in [0.15, 0.2) is 47.7 Å². The van der Waals surface area contributed by atoms with E-state index in [2.05, 4.69) is 28.6 Å². The number of hydrogen-bond acceptors (Lipinski definition) is 10. The number of rotatable bonds is 6. The lowest BCUT2D eigenvalue weighted by atomic mass is 10.1. The van der Waals surface area contributed by atoms with Gasteiger partial charge in [-0.1, -0.05) is 11.2 Å². The fraction of sp³-hybridized carbons (Fsp3) is 0.261. The SMILES string of the molecule is Cc1nc(Cn2c(=O)c3c(n(C)c2=O)N=IN3CC(=O)Nc2cccc(-c3cnc(C(F)(F)F)c(C)c3)n2)no1. The van der Waals surface area contributed by atoms with Crippen LogP contribution in [0.4, 0.5) is 30.5 Å². The molecule has 40 heavy (non-hydrogen) atoms. The smallest absolute Gasteiger partial charge is 0.340 e. The Balaban J connectivity index is 1.35. The first kappa shape index (κ1) is 27.3. The van der Waals surface area contributed by atoms with E-state index in [1.807, 2.05) is 0 Å². The molecule has 17 heteroatoms. The van der Waals surface area contributed by atoms with E-state index in [0.29, 0.717) is 11.3 Å². The molecule has 0 fully saturated rings. The fourth-order valence-corrected chi connectivity index (χ4v) is 6.06. The molecule has 4 aromatic rings. The highest BCUT2D eigenvalue weighted by molar-refractivity contribution is 14.2. The highest BCUT2D eigenvalue weighted by atomic mass is 127. The lowest BCUT2D eigenvalue weighted by molar-refractivity contribution is -0.141. The lowest BCUT2D eigenvalue weighted by Gasteiger charge is -2.16. The van der Waals surface area contributed by atoms with E-state index >= 15 is 0 Å². The number of pyridine rings is 2. The summed E-state index contributed by atoms with van der Waals surface area (Å²) in [6.45, 7) is 2.42. The zero-order valence-corrected chi connectivity index (χ0v) is 23.2. The van der Waals surface area contributed by atoms with Crippen LogP contribution in [0.3, 0.4) is 0 Å². The van der Waals surface area contributed by atoms with Gasteiger partial charge in [0, 0.05) is 25.7 Å². The Kier molecular flexibility index (Phi) is 7.06. The number of carbonyl (C=O) groups is 1. The van der Waals surface area contributed by atoms with Crippen LogP contribution in [-0.4, -0.2) is 41.7 Å². The third-order valence-corrected chi connectivity index (χ3v) is 7.77. The fourth-order valence-electron chi connectivity index (χ4n) is 3.95. The van der Waals surface area contributed by atoms with E-state index in [1.165, 1.54) is 33.8 Å². The van der Waals surface area contributed by atoms with Crippen LogP contribution >= 0.6 is 21.3 Å². The van der Waals surface area contributed by atoms with Gasteiger partial charge in [-0.25, -0.2) is 9.78 Å². The second-order valence-electron chi connectivity index (χ2n) is 8.66. The Hall–Kier alpha value is -4.29. The summed E-state index contributed by atoms with van der Waals surface area (Å²) < 4.78 is 52.1. The molecule has 0 spiro atoms. The van der Waals surface area contributed by atoms with Gasteiger partial charge in [-0.05, 0) is 30.7 Å². The molecule has 0 aliphatic carbocycles. The molecule has 1 aliphatic heterocycles. The number of fused-ring (bicyclic) bond motifs is 1. The predicted octanol–water partition coefficient (Wildman–Crippen LogP) is 3.23. The molecular weight excluding hydrogens is 650 g/mol. The third kappa shape index (κ3) is 5.27. The summed E-state index contributed by atoms with van der Waals surface area (Å²) in [5.41, 5.74) is -1.53. The summed E-state index contributed by atoms with van der Waals surface area (Å²) in [7, 11) is 1.47. The van der Waals surface area contributed by atoms with E-state index in [4.69, 9.17) is 4.52 Å². The summed E-state index contributed by atoms with van der Waals surface area (Å²) in [5.74, 6) is 0.252. The van der Waals surface area contributed by atoms with Crippen molar-refractivity contribution in [3.8, 4) is 11.3 Å². The maximum absolute atomic E-state index is 13.3. The Labute approximate surface area is 233 Å². The minimum atomic E-state index is -4.57. The molecule has 5 heterocycles. The quantitative estimate of drug-likeness (QED) is 0.241. The normalized spacial score (nSPS) is 12.8. The van der Waals surface area contributed by atoms with Gasteiger partial charge in [0.2, 0.25) is 11.8 Å². The van der Waals surface area contributed by atoms with E-state index in [9.17, 15) is 27.6 Å². The average molecular weight is 669 g/mol. The zero-order chi connectivity index (χ0) is 28.8. The van der Waals surface area contributed by atoms with E-state index in [1.54, 1.807) is 19.1 Å². The lowest BCUT2D eigenvalue weighted by Crippen LogP contribution is -2.41. The number of aryl methyl sites for hydroxylation is 2. The number of alkyl halides is 3. The summed E-state index contributed by atoms with van der Waals surface area (Å²) in [5, 5.41) is 6.37. The first-order valence-electron chi connectivity index (χ1n) is 11.5. The van der Waals surface area contributed by atoms with Crippen molar-refractivity contribution < 1.29 is 22.5 Å². The number of halogens is 4. The molecule has 0 unspecified atom stereocenters. The monoisotopic (exact) mass is 669 g/mol. The predicted molar refractivity (Wildman–Crippen MR) is 143 cm³/mol. The highest BCUT2D eigenvalue weighted by Crippen LogP contribution is 2.38. The molecule has 208 valence electrons. The molecule has 0 bridgehead atoms.